The second-order valence-corrected chi connectivity index (χ2v) is 5.11. The Morgan fingerprint density at radius 1 is 1.60 bits per heavy atom. The summed E-state index contributed by atoms with van der Waals surface area (Å²) in [7, 11) is 0. The number of dihydropyridines is 1. The van der Waals surface area contributed by atoms with Crippen LogP contribution in [0.4, 0.5) is 0 Å². The molecule has 2 aliphatic rings. The summed E-state index contributed by atoms with van der Waals surface area (Å²) < 4.78 is 0. The van der Waals surface area contributed by atoms with Crippen molar-refractivity contribution in [2.24, 2.45) is 11.3 Å². The predicted molar refractivity (Wildman–Crippen MR) is 62.4 cm³/mol. The van der Waals surface area contributed by atoms with Gasteiger partial charge in [-0.05, 0) is 48.4 Å². The van der Waals surface area contributed by atoms with Crippen molar-refractivity contribution in [3.8, 4) is 0 Å². The molecule has 2 heteroatoms. The molecule has 1 unspecified atom stereocenters. The summed E-state index contributed by atoms with van der Waals surface area (Å²) in [5, 5.41) is 12.5. The summed E-state index contributed by atoms with van der Waals surface area (Å²) in [4.78, 5) is 0. The summed E-state index contributed by atoms with van der Waals surface area (Å²) in [5.74, 6) is 0.507. The van der Waals surface area contributed by atoms with Crippen LogP contribution in [-0.4, -0.2) is 18.3 Å². The highest BCUT2D eigenvalue weighted by Gasteiger charge is 2.34. The molecule has 0 aromatic carbocycles. The van der Waals surface area contributed by atoms with Gasteiger partial charge in [-0.2, -0.15) is 0 Å². The van der Waals surface area contributed by atoms with Crippen LogP contribution in [-0.2, 0) is 0 Å². The van der Waals surface area contributed by atoms with Gasteiger partial charge in [0.25, 0.3) is 0 Å². The first-order valence-electron chi connectivity index (χ1n) is 5.96. The third-order valence-electron chi connectivity index (χ3n) is 3.86. The SMILES string of the molecule is C[C@]1(C2=CCNC=C2)CCCC(CO)C1. The third-order valence-corrected chi connectivity index (χ3v) is 3.86. The van der Waals surface area contributed by atoms with Gasteiger partial charge >= 0.3 is 0 Å². The number of nitrogens with one attached hydrogen (secondary N) is 1. The van der Waals surface area contributed by atoms with Crippen LogP contribution in [0, 0.1) is 11.3 Å². The van der Waals surface area contributed by atoms with Gasteiger partial charge in [-0.25, -0.2) is 0 Å². The maximum Gasteiger partial charge on any atom is 0.0459 e. The maximum atomic E-state index is 9.27. The molecule has 0 spiro atoms. The minimum atomic E-state index is 0.296. The molecular weight excluding hydrogens is 186 g/mol. The lowest BCUT2D eigenvalue weighted by Gasteiger charge is -2.39. The molecule has 0 aromatic rings. The molecule has 1 fully saturated rings. The van der Waals surface area contributed by atoms with Gasteiger partial charge in [0.1, 0.15) is 0 Å². The van der Waals surface area contributed by atoms with Gasteiger partial charge in [-0.3, -0.25) is 0 Å². The molecule has 2 N–H and O–H groups in total. The van der Waals surface area contributed by atoms with Crippen molar-refractivity contribution in [3.05, 3.63) is 23.9 Å². The van der Waals surface area contributed by atoms with Crippen molar-refractivity contribution in [2.45, 2.75) is 32.6 Å². The molecule has 2 rings (SSSR count). The minimum Gasteiger partial charge on any atom is -0.396 e. The summed E-state index contributed by atoms with van der Waals surface area (Å²) in [6.45, 7) is 3.65. The zero-order valence-electron chi connectivity index (χ0n) is 9.50. The van der Waals surface area contributed by atoms with Crippen molar-refractivity contribution in [3.63, 3.8) is 0 Å². The molecular formula is C13H21NO. The highest BCUT2D eigenvalue weighted by molar-refractivity contribution is 5.29. The van der Waals surface area contributed by atoms with E-state index in [4.69, 9.17) is 0 Å². The minimum absolute atomic E-state index is 0.296. The molecule has 0 aromatic heterocycles. The van der Waals surface area contributed by atoms with Crippen molar-refractivity contribution in [1.29, 1.82) is 0 Å². The van der Waals surface area contributed by atoms with Crippen LogP contribution >= 0.6 is 0 Å². The monoisotopic (exact) mass is 207 g/mol. The van der Waals surface area contributed by atoms with Crippen LogP contribution in [0.15, 0.2) is 23.9 Å². The lowest BCUT2D eigenvalue weighted by molar-refractivity contribution is 0.130. The smallest absolute Gasteiger partial charge is 0.0459 e. The average Bonchev–Trinajstić information content (AvgIpc) is 2.30. The lowest BCUT2D eigenvalue weighted by Crippen LogP contribution is -2.30. The van der Waals surface area contributed by atoms with Crippen molar-refractivity contribution in [2.75, 3.05) is 13.2 Å². The summed E-state index contributed by atoms with van der Waals surface area (Å²) in [5.41, 5.74) is 1.75. The van der Waals surface area contributed by atoms with Crippen LogP contribution in [0.1, 0.15) is 32.6 Å². The Labute approximate surface area is 92.1 Å². The van der Waals surface area contributed by atoms with E-state index in [0.717, 1.165) is 13.0 Å². The standard InChI is InChI=1S/C13H21NO/c1-13(12-4-7-14-8-5-12)6-2-3-11(9-13)10-15/h4-5,7,11,14-15H,2-3,6,8-10H2,1H3/t11?,13-/m0/s1. The van der Waals surface area contributed by atoms with Crippen LogP contribution in [0.25, 0.3) is 0 Å². The first kappa shape index (κ1) is 10.7. The largest absolute Gasteiger partial charge is 0.396 e. The highest BCUT2D eigenvalue weighted by Crippen LogP contribution is 2.44. The van der Waals surface area contributed by atoms with Gasteiger partial charge < -0.3 is 10.4 Å². The Hall–Kier alpha value is -0.760. The van der Waals surface area contributed by atoms with E-state index < -0.39 is 0 Å². The van der Waals surface area contributed by atoms with Gasteiger partial charge in [0.15, 0.2) is 0 Å². The number of rotatable bonds is 2. The van der Waals surface area contributed by atoms with Crippen molar-refractivity contribution >= 4 is 0 Å². The normalized spacial score (nSPS) is 35.9. The van der Waals surface area contributed by atoms with E-state index in [1.807, 2.05) is 6.20 Å². The number of hydrogen-bond acceptors (Lipinski definition) is 2. The first-order chi connectivity index (χ1) is 7.24. The molecule has 2 nitrogen and oxygen atoms in total. The van der Waals surface area contributed by atoms with Gasteiger partial charge in [0.2, 0.25) is 0 Å². The molecule has 0 amide bonds. The van der Waals surface area contributed by atoms with Gasteiger partial charge in [-0.1, -0.05) is 19.4 Å². The Kier molecular flexibility index (Phi) is 3.15. The van der Waals surface area contributed by atoms with Crippen LogP contribution in [0.2, 0.25) is 0 Å². The van der Waals surface area contributed by atoms with E-state index in [-0.39, 0.29) is 0 Å². The molecule has 1 saturated carbocycles. The fourth-order valence-electron chi connectivity index (χ4n) is 2.94. The van der Waals surface area contributed by atoms with Crippen LogP contribution in [0.5, 0.6) is 0 Å². The predicted octanol–water partition coefficient (Wildman–Crippen LogP) is 2.22. The molecule has 0 radical (unpaired) electrons. The average molecular weight is 207 g/mol. The maximum absolute atomic E-state index is 9.27. The van der Waals surface area contributed by atoms with Crippen LogP contribution in [0.3, 0.4) is 0 Å². The van der Waals surface area contributed by atoms with E-state index in [1.165, 1.54) is 24.8 Å². The Balaban J connectivity index is 2.11. The summed E-state index contributed by atoms with van der Waals surface area (Å²) in [6, 6.07) is 0. The molecule has 0 bridgehead atoms. The zero-order chi connectivity index (χ0) is 10.7. The lowest BCUT2D eigenvalue weighted by atomic mass is 9.66. The third kappa shape index (κ3) is 2.25. The second-order valence-electron chi connectivity index (χ2n) is 5.11. The molecule has 1 heterocycles. The highest BCUT2D eigenvalue weighted by atomic mass is 16.3. The molecule has 84 valence electrons. The quantitative estimate of drug-likeness (QED) is 0.727. The molecule has 2 atom stereocenters. The van der Waals surface area contributed by atoms with E-state index in [9.17, 15) is 5.11 Å². The van der Waals surface area contributed by atoms with E-state index in [1.54, 1.807) is 0 Å². The van der Waals surface area contributed by atoms with Gasteiger partial charge in [0, 0.05) is 13.2 Å². The number of aliphatic hydroxyl groups excluding tert-OH is 1. The van der Waals surface area contributed by atoms with Crippen molar-refractivity contribution < 1.29 is 5.11 Å². The summed E-state index contributed by atoms with van der Waals surface area (Å²) in [6.07, 6.45) is 11.4. The molecule has 1 aliphatic carbocycles. The Bertz CT molecular complexity index is 282. The van der Waals surface area contributed by atoms with Crippen LogP contribution < -0.4 is 5.32 Å². The zero-order valence-corrected chi connectivity index (χ0v) is 9.50. The van der Waals surface area contributed by atoms with E-state index >= 15 is 0 Å². The van der Waals surface area contributed by atoms with Crippen molar-refractivity contribution in [1.82, 2.24) is 5.32 Å². The fourth-order valence-corrected chi connectivity index (χ4v) is 2.94. The first-order valence-corrected chi connectivity index (χ1v) is 5.96. The number of aliphatic hydroxyl groups is 1. The topological polar surface area (TPSA) is 32.3 Å². The number of allylic oxidation sites excluding steroid dienone is 2. The van der Waals surface area contributed by atoms with E-state index in [0.29, 0.717) is 17.9 Å². The van der Waals surface area contributed by atoms with Gasteiger partial charge in [-0.15, -0.1) is 0 Å². The fraction of sp³-hybridized carbons (Fsp3) is 0.692. The Morgan fingerprint density at radius 3 is 3.13 bits per heavy atom. The van der Waals surface area contributed by atoms with E-state index in [2.05, 4.69) is 24.4 Å². The number of hydrogen-bond donors (Lipinski definition) is 2. The second kappa shape index (κ2) is 4.40. The molecule has 15 heavy (non-hydrogen) atoms. The molecule has 1 aliphatic heterocycles. The Morgan fingerprint density at radius 2 is 2.47 bits per heavy atom. The summed E-state index contributed by atoms with van der Waals surface area (Å²) >= 11 is 0. The molecule has 0 saturated heterocycles. The van der Waals surface area contributed by atoms with Gasteiger partial charge in [0.05, 0.1) is 0 Å².